The van der Waals surface area contributed by atoms with Crippen LogP contribution in [0.3, 0.4) is 0 Å². The van der Waals surface area contributed by atoms with Crippen LogP contribution in [0.15, 0.2) is 140 Å². The summed E-state index contributed by atoms with van der Waals surface area (Å²) < 4.78 is 0. The number of hydrogen-bond donors (Lipinski definition) is 0. The van der Waals surface area contributed by atoms with Crippen LogP contribution in [0.4, 0.5) is 17.1 Å². The normalized spacial score (nSPS) is 12.1. The number of rotatable bonds is 3. The Balaban J connectivity index is 1.48. The second-order valence-corrected chi connectivity index (χ2v) is 10.5. The van der Waals surface area contributed by atoms with Gasteiger partial charge in [0.15, 0.2) is 0 Å². The van der Waals surface area contributed by atoms with Gasteiger partial charge in [0.05, 0.1) is 5.69 Å². The molecule has 0 N–H and O–H groups in total. The topological polar surface area (TPSA) is 3.24 Å². The molecule has 0 amide bonds. The maximum atomic E-state index is 2.46. The lowest BCUT2D eigenvalue weighted by Crippen LogP contribution is -2.10. The van der Waals surface area contributed by atoms with Gasteiger partial charge in [0.1, 0.15) is 0 Å². The molecule has 0 saturated carbocycles. The van der Waals surface area contributed by atoms with Crippen LogP contribution < -0.4 is 4.90 Å². The smallest absolute Gasteiger partial charge is 0.0546 e. The molecule has 0 unspecified atom stereocenters. The molecular weight excluding hydrogens is 470 g/mol. The van der Waals surface area contributed by atoms with Crippen molar-refractivity contribution in [3.63, 3.8) is 0 Å². The largest absolute Gasteiger partial charge is 0.310 e. The van der Waals surface area contributed by atoms with Gasteiger partial charge in [-0.05, 0) is 102 Å². The van der Waals surface area contributed by atoms with E-state index in [4.69, 9.17) is 0 Å². The Morgan fingerprint density at radius 1 is 0.308 bits per heavy atom. The zero-order chi connectivity index (χ0) is 25.5. The monoisotopic (exact) mass is 493 g/mol. The molecule has 0 atom stereocenters. The van der Waals surface area contributed by atoms with E-state index in [9.17, 15) is 0 Å². The molecule has 9 rings (SSSR count). The average Bonchev–Trinajstić information content (AvgIpc) is 3.50. The van der Waals surface area contributed by atoms with Crippen molar-refractivity contribution in [2.45, 2.75) is 0 Å². The summed E-state index contributed by atoms with van der Waals surface area (Å²) in [6.45, 7) is 0. The molecule has 39 heavy (non-hydrogen) atoms. The van der Waals surface area contributed by atoms with Crippen LogP contribution >= 0.6 is 0 Å². The molecule has 0 aliphatic carbocycles. The van der Waals surface area contributed by atoms with Crippen LogP contribution in [0.25, 0.3) is 64.6 Å². The quantitative estimate of drug-likeness (QED) is 0.237. The van der Waals surface area contributed by atoms with Crippen LogP contribution in [0.5, 0.6) is 0 Å². The fourth-order valence-electron chi connectivity index (χ4n) is 6.90. The minimum absolute atomic E-state index is 1.16. The van der Waals surface area contributed by atoms with Gasteiger partial charge in [-0.1, -0.05) is 97.1 Å². The van der Waals surface area contributed by atoms with Gasteiger partial charge in [0, 0.05) is 16.8 Å². The molecule has 180 valence electrons. The summed E-state index contributed by atoms with van der Waals surface area (Å²) in [6.07, 6.45) is 0. The molecule has 0 aromatic heterocycles. The summed E-state index contributed by atoms with van der Waals surface area (Å²) in [5.41, 5.74) is 3.52. The first-order chi connectivity index (χ1) is 19.4. The van der Waals surface area contributed by atoms with E-state index in [1.807, 2.05) is 0 Å². The Morgan fingerprint density at radius 3 is 1.38 bits per heavy atom. The van der Waals surface area contributed by atoms with Gasteiger partial charge in [-0.25, -0.2) is 0 Å². The summed E-state index contributed by atoms with van der Waals surface area (Å²) in [5, 5.41) is 16.0. The SMILES string of the molecule is c1ccc(N(c2ccccc2)c2ccc3cccc4c5cc6c(cc5c2c34)c2cccc3cccc6c32)cc1. The lowest BCUT2D eigenvalue weighted by Gasteiger charge is -2.26. The van der Waals surface area contributed by atoms with Crippen LogP contribution in [-0.4, -0.2) is 0 Å². The average molecular weight is 494 g/mol. The Morgan fingerprint density at radius 2 is 0.795 bits per heavy atom. The van der Waals surface area contributed by atoms with Gasteiger partial charge in [-0.3, -0.25) is 0 Å². The maximum absolute atomic E-state index is 2.46. The third-order valence-corrected chi connectivity index (χ3v) is 8.50. The number of benzene rings is 7. The van der Waals surface area contributed by atoms with Crippen molar-refractivity contribution in [3.8, 4) is 0 Å². The number of hydrogen-bond acceptors (Lipinski definition) is 1. The lowest BCUT2D eigenvalue weighted by atomic mass is 10.0. The van der Waals surface area contributed by atoms with Crippen molar-refractivity contribution < 1.29 is 0 Å². The van der Waals surface area contributed by atoms with Crippen molar-refractivity contribution in [2.75, 3.05) is 4.90 Å². The van der Waals surface area contributed by atoms with E-state index in [-0.39, 0.29) is 0 Å². The molecule has 0 radical (unpaired) electrons. The van der Waals surface area contributed by atoms with Gasteiger partial charge in [0.2, 0.25) is 0 Å². The van der Waals surface area contributed by atoms with E-state index >= 15 is 0 Å². The molecule has 9 aromatic rings. The third kappa shape index (κ3) is 2.79. The maximum Gasteiger partial charge on any atom is 0.0546 e. The van der Waals surface area contributed by atoms with Crippen LogP contribution in [0, 0.1) is 0 Å². The van der Waals surface area contributed by atoms with Crippen LogP contribution in [-0.2, 0) is 0 Å². The van der Waals surface area contributed by atoms with Gasteiger partial charge in [-0.15, -0.1) is 0 Å². The summed E-state index contributed by atoms with van der Waals surface area (Å²) in [6, 6.07) is 51.1. The highest BCUT2D eigenvalue weighted by Crippen LogP contribution is 2.49. The van der Waals surface area contributed by atoms with Crippen LogP contribution in [0.1, 0.15) is 0 Å². The first kappa shape index (κ1) is 20.9. The first-order valence-electron chi connectivity index (χ1n) is 13.5. The minimum Gasteiger partial charge on any atom is -0.310 e. The Bertz CT molecular complexity index is 2270. The van der Waals surface area contributed by atoms with E-state index in [2.05, 4.69) is 144 Å². The number of fused-ring (bicyclic) bond motifs is 6. The van der Waals surface area contributed by atoms with Crippen molar-refractivity contribution in [1.82, 2.24) is 0 Å². The lowest BCUT2D eigenvalue weighted by molar-refractivity contribution is 1.30. The van der Waals surface area contributed by atoms with Gasteiger partial charge >= 0.3 is 0 Å². The molecule has 9 aromatic carbocycles. The number of nitrogens with zero attached hydrogens (tertiary/aromatic N) is 1. The zero-order valence-electron chi connectivity index (χ0n) is 21.2. The Kier molecular flexibility index (Phi) is 4.11. The molecule has 1 heteroatoms. The van der Waals surface area contributed by atoms with E-state index < -0.39 is 0 Å². The Labute approximate surface area is 225 Å². The molecule has 0 aliphatic rings. The second kappa shape index (κ2) is 7.69. The molecule has 0 bridgehead atoms. The summed E-state index contributed by atoms with van der Waals surface area (Å²) in [7, 11) is 0. The van der Waals surface area contributed by atoms with Crippen LogP contribution in [0.2, 0.25) is 0 Å². The predicted octanol–water partition coefficient (Wildman–Crippen LogP) is 11.0. The second-order valence-electron chi connectivity index (χ2n) is 10.5. The van der Waals surface area contributed by atoms with Crippen molar-refractivity contribution in [2.24, 2.45) is 0 Å². The number of anilines is 3. The fraction of sp³-hybridized carbons (Fsp3) is 0. The molecule has 0 fully saturated rings. The molecule has 0 heterocycles. The molecule has 1 nitrogen and oxygen atoms in total. The third-order valence-electron chi connectivity index (χ3n) is 8.50. The highest BCUT2D eigenvalue weighted by atomic mass is 15.1. The van der Waals surface area contributed by atoms with Crippen molar-refractivity contribution >= 4 is 81.7 Å². The van der Waals surface area contributed by atoms with E-state index in [0.717, 1.165) is 11.4 Å². The van der Waals surface area contributed by atoms with Crippen molar-refractivity contribution in [1.29, 1.82) is 0 Å². The fourth-order valence-corrected chi connectivity index (χ4v) is 6.90. The highest BCUT2D eigenvalue weighted by Gasteiger charge is 2.22. The summed E-state index contributed by atoms with van der Waals surface area (Å²) >= 11 is 0. The Hall–Kier alpha value is -5.14. The molecule has 0 aliphatic heterocycles. The minimum atomic E-state index is 1.16. The van der Waals surface area contributed by atoms with Gasteiger partial charge in [0.25, 0.3) is 0 Å². The standard InChI is InChI=1S/C38H23N/c1-3-13-26(14-4-1)39(27-15-5-2-6-16-27)35-21-20-25-12-9-19-30-33-22-31-28-17-7-10-24-11-8-18-29(36(24)28)32(31)23-34(33)38(35)37(25)30/h1-23H. The highest BCUT2D eigenvalue weighted by molar-refractivity contribution is 6.39. The van der Waals surface area contributed by atoms with E-state index in [1.54, 1.807) is 0 Å². The summed E-state index contributed by atoms with van der Waals surface area (Å²) in [5.74, 6) is 0. The van der Waals surface area contributed by atoms with E-state index in [1.165, 1.54) is 70.3 Å². The molecule has 0 saturated heterocycles. The zero-order valence-corrected chi connectivity index (χ0v) is 21.2. The molecule has 0 spiro atoms. The van der Waals surface area contributed by atoms with Crippen molar-refractivity contribution in [3.05, 3.63) is 140 Å². The predicted molar refractivity (Wildman–Crippen MR) is 169 cm³/mol. The van der Waals surface area contributed by atoms with Gasteiger partial charge < -0.3 is 4.90 Å². The van der Waals surface area contributed by atoms with E-state index in [0.29, 0.717) is 0 Å². The summed E-state index contributed by atoms with van der Waals surface area (Å²) in [4.78, 5) is 2.41. The number of para-hydroxylation sites is 2. The first-order valence-corrected chi connectivity index (χ1v) is 13.5. The molecular formula is C38H23N. The van der Waals surface area contributed by atoms with Gasteiger partial charge in [-0.2, -0.15) is 0 Å².